The second kappa shape index (κ2) is 9.14. The summed E-state index contributed by atoms with van der Waals surface area (Å²) in [5.41, 5.74) is 0.964. The summed E-state index contributed by atoms with van der Waals surface area (Å²) in [5.74, 6) is -0.316. The molecule has 160 valence electrons. The van der Waals surface area contributed by atoms with Crippen LogP contribution in [0.1, 0.15) is 24.8 Å². The molecule has 3 fully saturated rings. The molecule has 0 unspecified atom stereocenters. The lowest BCUT2D eigenvalue weighted by molar-refractivity contribution is -0.140. The second-order valence-electron chi connectivity index (χ2n) is 8.11. The Bertz CT molecular complexity index is 785. The summed E-state index contributed by atoms with van der Waals surface area (Å²) >= 11 is 0. The number of hydroxylamine groups is 2. The molecular weight excluding hydrogens is 390 g/mol. The maximum atomic E-state index is 14.5. The molecule has 3 amide bonds. The minimum atomic E-state index is -1.24. The molecule has 2 bridgehead atoms. The molecule has 4 atom stereocenters. The minimum Gasteiger partial charge on any atom is -0.349 e. The third-order valence-electron chi connectivity index (χ3n) is 6.12. The number of amides is 3. The van der Waals surface area contributed by atoms with Gasteiger partial charge in [-0.3, -0.25) is 9.63 Å². The summed E-state index contributed by atoms with van der Waals surface area (Å²) in [6, 6.07) is 7.99. The molecule has 8 nitrogen and oxygen atoms in total. The molecule has 4 rings (SSSR count). The molecule has 1 aromatic carbocycles. The first-order valence-electron chi connectivity index (χ1n) is 10.4. The number of piperidine rings is 2. The summed E-state index contributed by atoms with van der Waals surface area (Å²) in [6.07, 6.45) is 1.14. The molecule has 0 saturated carbocycles. The van der Waals surface area contributed by atoms with Crippen LogP contribution in [0.15, 0.2) is 30.3 Å². The fraction of sp³-hybridized carbons (Fsp3) is 0.550. The van der Waals surface area contributed by atoms with Gasteiger partial charge in [0, 0.05) is 13.1 Å². The summed E-state index contributed by atoms with van der Waals surface area (Å²) in [4.78, 5) is 45.3. The van der Waals surface area contributed by atoms with E-state index in [1.165, 1.54) is 9.96 Å². The summed E-state index contributed by atoms with van der Waals surface area (Å²) < 4.78 is 14.5. The Labute approximate surface area is 175 Å². The summed E-state index contributed by atoms with van der Waals surface area (Å²) in [7, 11) is 0.201. The van der Waals surface area contributed by atoms with Gasteiger partial charge in [0.05, 0.1) is 18.3 Å². The number of hydrogen-bond acceptors (Lipinski definition) is 5. The number of urea groups is 1. The Balaban J connectivity index is 1.32. The van der Waals surface area contributed by atoms with Crippen molar-refractivity contribution < 1.29 is 23.6 Å². The van der Waals surface area contributed by atoms with Crippen molar-refractivity contribution in [2.75, 3.05) is 19.6 Å². The number of alkyl halides is 1. The first-order chi connectivity index (χ1) is 14.6. The van der Waals surface area contributed by atoms with E-state index in [9.17, 15) is 18.8 Å². The molecule has 1 N–H and O–H groups in total. The number of benzene rings is 1. The third kappa shape index (κ3) is 4.34. The van der Waals surface area contributed by atoms with Crippen LogP contribution < -0.4 is 5.32 Å². The first kappa shape index (κ1) is 20.8. The van der Waals surface area contributed by atoms with Gasteiger partial charge < -0.3 is 19.8 Å². The number of nitrogens with one attached hydrogen (secondary N) is 1. The molecule has 10 heteroatoms. The molecular formula is C20H26BFN4O4. The molecule has 0 aromatic heterocycles. The van der Waals surface area contributed by atoms with Crippen molar-refractivity contribution in [2.24, 2.45) is 0 Å². The van der Waals surface area contributed by atoms with Gasteiger partial charge in [0.1, 0.15) is 18.8 Å². The number of carbonyl (C=O) groups excluding carboxylic acids is 3. The van der Waals surface area contributed by atoms with Crippen LogP contribution in [0, 0.1) is 0 Å². The average Bonchev–Trinajstić information content (AvgIpc) is 2.99. The van der Waals surface area contributed by atoms with Crippen LogP contribution in [-0.2, 0) is 21.0 Å². The Morgan fingerprint density at radius 3 is 2.77 bits per heavy atom. The SMILES string of the molecule is O=CBN1CC[C@H](NC(=O)[C@@H]2CC[C@@H]3CN2C(=O)N3OCc2ccccc2)[C@H](F)C1. The lowest BCUT2D eigenvalue weighted by Gasteiger charge is -2.36. The highest BCUT2D eigenvalue weighted by molar-refractivity contribution is 6.64. The van der Waals surface area contributed by atoms with E-state index in [0.717, 1.165) is 11.7 Å². The Hall–Kier alpha value is -2.46. The number of carbonyl (C=O) groups is 3. The number of rotatable bonds is 7. The Morgan fingerprint density at radius 1 is 1.23 bits per heavy atom. The van der Waals surface area contributed by atoms with E-state index in [0.29, 0.717) is 32.4 Å². The standard InChI is InChI=1S/C20H26BFN4O4/c22-16-11-24(21-13-27)9-8-17(16)23-19(28)18-7-6-15-10-25(18)20(29)26(15)30-12-14-4-2-1-3-5-14/h1-5,13,15-18,21H,6-12H2,(H,23,28)/t15-,16-,17+,18+/m1/s1. The van der Waals surface area contributed by atoms with Crippen molar-refractivity contribution in [2.45, 2.75) is 50.2 Å². The van der Waals surface area contributed by atoms with Crippen molar-refractivity contribution >= 4 is 25.5 Å². The van der Waals surface area contributed by atoms with Gasteiger partial charge in [-0.25, -0.2) is 9.18 Å². The van der Waals surface area contributed by atoms with Gasteiger partial charge in [0.25, 0.3) is 7.41 Å². The first-order valence-corrected chi connectivity index (χ1v) is 10.4. The van der Waals surface area contributed by atoms with Crippen LogP contribution in [-0.4, -0.2) is 84.2 Å². The normalized spacial score (nSPS) is 29.0. The van der Waals surface area contributed by atoms with E-state index in [4.69, 9.17) is 4.84 Å². The predicted octanol–water partition coefficient (Wildman–Crippen LogP) is 0.457. The maximum Gasteiger partial charge on any atom is 0.345 e. The van der Waals surface area contributed by atoms with Gasteiger partial charge in [-0.2, -0.15) is 5.06 Å². The van der Waals surface area contributed by atoms with Crippen LogP contribution in [0.3, 0.4) is 0 Å². The fourth-order valence-corrected chi connectivity index (χ4v) is 4.47. The number of halogens is 1. The summed E-state index contributed by atoms with van der Waals surface area (Å²) in [5, 5.41) is 4.18. The highest BCUT2D eigenvalue weighted by Crippen LogP contribution is 2.31. The quantitative estimate of drug-likeness (QED) is 0.516. The largest absolute Gasteiger partial charge is 0.349 e. The van der Waals surface area contributed by atoms with Gasteiger partial charge in [-0.05, 0) is 31.4 Å². The highest BCUT2D eigenvalue weighted by atomic mass is 19.1. The topological polar surface area (TPSA) is 82.2 Å². The zero-order chi connectivity index (χ0) is 21.1. The van der Waals surface area contributed by atoms with Gasteiger partial charge >= 0.3 is 6.03 Å². The van der Waals surface area contributed by atoms with Crippen molar-refractivity contribution in [1.82, 2.24) is 20.1 Å². The molecule has 0 aliphatic carbocycles. The smallest absolute Gasteiger partial charge is 0.345 e. The van der Waals surface area contributed by atoms with E-state index in [1.807, 2.05) is 30.3 Å². The van der Waals surface area contributed by atoms with Crippen molar-refractivity contribution in [3.63, 3.8) is 0 Å². The van der Waals surface area contributed by atoms with E-state index < -0.39 is 18.3 Å². The molecule has 3 heterocycles. The van der Waals surface area contributed by atoms with E-state index >= 15 is 0 Å². The minimum absolute atomic E-state index is 0.0780. The monoisotopic (exact) mass is 416 g/mol. The Kier molecular flexibility index (Phi) is 6.33. The molecule has 3 saturated heterocycles. The van der Waals surface area contributed by atoms with Gasteiger partial charge in [-0.1, -0.05) is 30.3 Å². The molecule has 0 radical (unpaired) electrons. The number of nitrogens with zero attached hydrogens (tertiary/aromatic N) is 3. The van der Waals surface area contributed by atoms with E-state index in [1.54, 1.807) is 4.81 Å². The van der Waals surface area contributed by atoms with Crippen LogP contribution in [0.2, 0.25) is 0 Å². The number of hydrogen-bond donors (Lipinski definition) is 1. The van der Waals surface area contributed by atoms with Crippen molar-refractivity contribution in [1.29, 1.82) is 0 Å². The highest BCUT2D eigenvalue weighted by Gasteiger charge is 2.48. The maximum absolute atomic E-state index is 14.5. The van der Waals surface area contributed by atoms with Gasteiger partial charge in [0.2, 0.25) is 5.91 Å². The van der Waals surface area contributed by atoms with E-state index in [2.05, 4.69) is 5.32 Å². The van der Waals surface area contributed by atoms with Crippen LogP contribution in [0.5, 0.6) is 0 Å². The Morgan fingerprint density at radius 2 is 2.03 bits per heavy atom. The number of fused-ring (bicyclic) bond motifs is 2. The zero-order valence-corrected chi connectivity index (χ0v) is 16.8. The molecule has 30 heavy (non-hydrogen) atoms. The second-order valence-corrected chi connectivity index (χ2v) is 8.11. The predicted molar refractivity (Wildman–Crippen MR) is 109 cm³/mol. The molecule has 3 aliphatic rings. The van der Waals surface area contributed by atoms with Crippen LogP contribution in [0.4, 0.5) is 9.18 Å². The third-order valence-corrected chi connectivity index (χ3v) is 6.12. The van der Waals surface area contributed by atoms with Crippen LogP contribution >= 0.6 is 0 Å². The lowest BCUT2D eigenvalue weighted by Crippen LogP contribution is -2.57. The van der Waals surface area contributed by atoms with Crippen molar-refractivity contribution in [3.8, 4) is 0 Å². The van der Waals surface area contributed by atoms with Gasteiger partial charge in [0.15, 0.2) is 0 Å². The van der Waals surface area contributed by atoms with Crippen LogP contribution in [0.25, 0.3) is 0 Å². The van der Waals surface area contributed by atoms with E-state index in [-0.39, 0.29) is 38.5 Å². The summed E-state index contributed by atoms with van der Waals surface area (Å²) in [6.45, 7) is 1.40. The van der Waals surface area contributed by atoms with Crippen molar-refractivity contribution in [3.05, 3.63) is 35.9 Å². The average molecular weight is 416 g/mol. The lowest BCUT2D eigenvalue weighted by atomic mass is 9.89. The molecule has 1 aromatic rings. The zero-order valence-electron chi connectivity index (χ0n) is 16.8. The molecule has 3 aliphatic heterocycles. The van der Waals surface area contributed by atoms with Gasteiger partial charge in [-0.15, -0.1) is 0 Å². The molecule has 0 spiro atoms. The fourth-order valence-electron chi connectivity index (χ4n) is 4.47.